The van der Waals surface area contributed by atoms with Crippen LogP contribution < -0.4 is 10.5 Å². The Morgan fingerprint density at radius 1 is 1.21 bits per heavy atom. The van der Waals surface area contributed by atoms with Crippen LogP contribution >= 0.6 is 0 Å². The highest BCUT2D eigenvalue weighted by Gasteiger charge is 2.45. The van der Waals surface area contributed by atoms with Crippen molar-refractivity contribution in [3.8, 4) is 5.75 Å². The monoisotopic (exact) mass is 398 g/mol. The highest BCUT2D eigenvalue weighted by Crippen LogP contribution is 2.39. The number of halogens is 1. The molecule has 0 amide bonds. The number of hydrogen-bond acceptors (Lipinski definition) is 6. The van der Waals surface area contributed by atoms with Gasteiger partial charge >= 0.3 is 0 Å². The molecule has 0 bridgehead atoms. The zero-order chi connectivity index (χ0) is 20.3. The number of nitrogen functional groups attached to an aromatic ring is 1. The maximum absolute atomic E-state index is 14.5. The van der Waals surface area contributed by atoms with Gasteiger partial charge in [0.1, 0.15) is 29.7 Å². The molecule has 2 aromatic heterocycles. The molecule has 0 spiro atoms. The Hall–Kier alpha value is -2.68. The van der Waals surface area contributed by atoms with Gasteiger partial charge in [-0.3, -0.25) is 4.90 Å². The summed E-state index contributed by atoms with van der Waals surface area (Å²) in [6.07, 6.45) is 0.278. The number of nitrogens with two attached hydrogens (primary N) is 1. The minimum atomic E-state index is -1.11. The van der Waals surface area contributed by atoms with Gasteiger partial charge in [0.15, 0.2) is 5.82 Å². The molecule has 4 N–H and O–H groups in total. The minimum absolute atomic E-state index is 0.225. The Balaban J connectivity index is 1.45. The average Bonchev–Trinajstić information content (AvgIpc) is 3.32. The summed E-state index contributed by atoms with van der Waals surface area (Å²) in [5.41, 5.74) is 8.83. The van der Waals surface area contributed by atoms with E-state index in [-0.39, 0.29) is 11.1 Å². The van der Waals surface area contributed by atoms with Gasteiger partial charge in [-0.15, -0.1) is 0 Å². The Bertz CT molecular complexity index is 1090. The maximum atomic E-state index is 14.5. The lowest BCUT2D eigenvalue weighted by atomic mass is 10.1. The van der Waals surface area contributed by atoms with E-state index in [1.165, 1.54) is 24.0 Å². The molecule has 1 unspecified atom stereocenters. The lowest BCUT2D eigenvalue weighted by molar-refractivity contribution is -0.0166. The smallest absolute Gasteiger partial charge is 0.152 e. The fourth-order valence-electron chi connectivity index (χ4n) is 4.60. The number of aromatic nitrogens is 2. The van der Waals surface area contributed by atoms with Crippen molar-refractivity contribution < 1.29 is 19.3 Å². The van der Waals surface area contributed by atoms with Crippen LogP contribution in [0.5, 0.6) is 5.75 Å². The van der Waals surface area contributed by atoms with Crippen LogP contribution in [0.3, 0.4) is 0 Å². The van der Waals surface area contributed by atoms with Crippen molar-refractivity contribution >= 4 is 16.7 Å². The van der Waals surface area contributed by atoms with Crippen molar-refractivity contribution in [2.24, 2.45) is 0 Å². The number of aliphatic hydroxyl groups is 2. The van der Waals surface area contributed by atoms with Gasteiger partial charge in [0.05, 0.1) is 11.4 Å². The predicted molar refractivity (Wildman–Crippen MR) is 106 cm³/mol. The van der Waals surface area contributed by atoms with Crippen molar-refractivity contribution in [2.45, 2.75) is 43.9 Å². The third-order valence-electron chi connectivity index (χ3n) is 6.03. The number of rotatable bonds is 3. The van der Waals surface area contributed by atoms with Crippen molar-refractivity contribution in [1.82, 2.24) is 14.5 Å². The van der Waals surface area contributed by atoms with Gasteiger partial charge in [0.2, 0.25) is 0 Å². The largest absolute Gasteiger partial charge is 0.487 e. The molecule has 1 aliphatic heterocycles. The summed E-state index contributed by atoms with van der Waals surface area (Å²) in [6, 6.07) is 6.85. The van der Waals surface area contributed by atoms with Gasteiger partial charge in [-0.25, -0.2) is 9.37 Å². The first kappa shape index (κ1) is 18.4. The van der Waals surface area contributed by atoms with Crippen LogP contribution in [0.1, 0.15) is 23.6 Å². The normalized spacial score (nSPS) is 26.9. The molecule has 1 saturated carbocycles. The summed E-state index contributed by atoms with van der Waals surface area (Å²) in [6.45, 7) is 1.63. The summed E-state index contributed by atoms with van der Waals surface area (Å²) in [4.78, 5) is 6.42. The Morgan fingerprint density at radius 2 is 2.03 bits per heavy atom. The van der Waals surface area contributed by atoms with Crippen molar-refractivity contribution in [2.75, 3.05) is 12.8 Å². The van der Waals surface area contributed by atoms with Crippen molar-refractivity contribution in [3.05, 3.63) is 53.6 Å². The molecular weight excluding hydrogens is 375 g/mol. The molecule has 3 aromatic rings. The molecule has 29 heavy (non-hydrogen) atoms. The number of benzene rings is 1. The molecule has 1 fully saturated rings. The highest BCUT2D eigenvalue weighted by molar-refractivity contribution is 5.89. The summed E-state index contributed by atoms with van der Waals surface area (Å²) in [7, 11) is 2.04. The van der Waals surface area contributed by atoms with Crippen LogP contribution in [0.2, 0.25) is 0 Å². The first-order valence-electron chi connectivity index (χ1n) is 9.66. The van der Waals surface area contributed by atoms with Crippen LogP contribution in [-0.4, -0.2) is 50.0 Å². The zero-order valence-corrected chi connectivity index (χ0v) is 16.0. The fraction of sp³-hybridized carbons (Fsp3) is 0.381. The second-order valence-corrected chi connectivity index (χ2v) is 7.99. The van der Waals surface area contributed by atoms with E-state index in [0.717, 1.165) is 24.4 Å². The van der Waals surface area contributed by atoms with Crippen molar-refractivity contribution in [1.29, 1.82) is 0 Å². The Labute approximate surface area is 167 Å². The van der Waals surface area contributed by atoms with Gasteiger partial charge < -0.3 is 25.3 Å². The van der Waals surface area contributed by atoms with E-state index in [1.54, 1.807) is 4.57 Å². The lowest BCUT2D eigenvalue weighted by Crippen LogP contribution is -2.34. The van der Waals surface area contributed by atoms with Crippen LogP contribution in [-0.2, 0) is 13.1 Å². The fourth-order valence-corrected chi connectivity index (χ4v) is 4.60. The molecule has 4 atom stereocenters. The van der Waals surface area contributed by atoms with Crippen LogP contribution in [0.25, 0.3) is 11.0 Å². The summed E-state index contributed by atoms with van der Waals surface area (Å²) >= 11 is 0. The number of nitrogens with zero attached hydrogens (tertiary/aromatic N) is 3. The zero-order valence-electron chi connectivity index (χ0n) is 16.0. The number of fused-ring (bicyclic) bond motifs is 2. The van der Waals surface area contributed by atoms with Crippen LogP contribution in [0.4, 0.5) is 10.1 Å². The summed E-state index contributed by atoms with van der Waals surface area (Å²) < 4.78 is 22.2. The molecule has 152 valence electrons. The SMILES string of the molecule is CN1Cc2cccc(OC3C[C@H](n4cc(F)c5c(N)ccnc54)[C@H](O)[C@@H]3O)c2C1. The highest BCUT2D eigenvalue weighted by atomic mass is 19.1. The second-order valence-electron chi connectivity index (χ2n) is 7.99. The second kappa shape index (κ2) is 6.69. The van der Waals surface area contributed by atoms with Gasteiger partial charge in [-0.05, 0) is 24.7 Å². The third kappa shape index (κ3) is 2.87. The topological polar surface area (TPSA) is 96.8 Å². The van der Waals surface area contributed by atoms with E-state index in [9.17, 15) is 14.6 Å². The van der Waals surface area contributed by atoms with Gasteiger partial charge in [-0.2, -0.15) is 0 Å². The molecular formula is C21H23FN4O3. The van der Waals surface area contributed by atoms with E-state index in [1.807, 2.05) is 19.2 Å². The molecule has 0 saturated heterocycles. The van der Waals surface area contributed by atoms with Gasteiger partial charge in [0, 0.05) is 43.2 Å². The van der Waals surface area contributed by atoms with E-state index in [0.29, 0.717) is 12.1 Å². The molecule has 2 aliphatic rings. The number of ether oxygens (including phenoxy) is 1. The average molecular weight is 398 g/mol. The van der Waals surface area contributed by atoms with E-state index < -0.39 is 30.2 Å². The molecule has 5 rings (SSSR count). The van der Waals surface area contributed by atoms with Crippen LogP contribution in [0, 0.1) is 5.82 Å². The van der Waals surface area contributed by atoms with Crippen LogP contribution in [0.15, 0.2) is 36.7 Å². The molecule has 0 radical (unpaired) electrons. The third-order valence-corrected chi connectivity index (χ3v) is 6.03. The molecule has 1 aromatic carbocycles. The van der Waals surface area contributed by atoms with E-state index in [4.69, 9.17) is 10.5 Å². The quantitative estimate of drug-likeness (QED) is 0.623. The lowest BCUT2D eigenvalue weighted by Gasteiger charge is -2.20. The van der Waals surface area contributed by atoms with E-state index >= 15 is 0 Å². The standard InChI is InChI=1S/C21H23FN4O3/c1-25-8-11-3-2-4-16(12(11)9-25)29-17-7-15(19(27)20(17)28)26-10-13(22)18-14(23)5-6-24-21(18)26/h2-6,10,15,17,19-20,27-28H,7-9H2,1H3,(H2,23,24)/t15-,17?,19-,20+/m0/s1. The predicted octanol–water partition coefficient (Wildman–Crippen LogP) is 1.82. The molecule has 1 aliphatic carbocycles. The van der Waals surface area contributed by atoms with Crippen molar-refractivity contribution in [3.63, 3.8) is 0 Å². The van der Waals surface area contributed by atoms with Gasteiger partial charge in [0.25, 0.3) is 0 Å². The molecule has 7 nitrogen and oxygen atoms in total. The van der Waals surface area contributed by atoms with E-state index in [2.05, 4.69) is 16.0 Å². The Kier molecular flexibility index (Phi) is 4.23. The molecule has 8 heteroatoms. The first-order valence-corrected chi connectivity index (χ1v) is 9.66. The van der Waals surface area contributed by atoms with Gasteiger partial charge in [-0.1, -0.05) is 12.1 Å². The summed E-state index contributed by atoms with van der Waals surface area (Å²) in [5.74, 6) is 0.218. The summed E-state index contributed by atoms with van der Waals surface area (Å²) in [5, 5.41) is 21.6. The number of pyridine rings is 1. The Morgan fingerprint density at radius 3 is 2.86 bits per heavy atom. The minimum Gasteiger partial charge on any atom is -0.487 e. The first-order chi connectivity index (χ1) is 13.9. The number of anilines is 1. The molecule has 3 heterocycles. The maximum Gasteiger partial charge on any atom is 0.152 e. The number of hydrogen-bond donors (Lipinski definition) is 3. The number of aliphatic hydroxyl groups excluding tert-OH is 2.